The first kappa shape index (κ1) is 14.3. The van der Waals surface area contributed by atoms with E-state index in [1.165, 1.54) is 5.56 Å². The highest BCUT2D eigenvalue weighted by atomic mass is 16.3. The van der Waals surface area contributed by atoms with E-state index in [1.807, 2.05) is 13.1 Å². The van der Waals surface area contributed by atoms with Gasteiger partial charge in [0.05, 0.1) is 12.8 Å². The van der Waals surface area contributed by atoms with Gasteiger partial charge < -0.3 is 10.4 Å². The van der Waals surface area contributed by atoms with Crippen LogP contribution in [-0.4, -0.2) is 27.8 Å². The Morgan fingerprint density at radius 2 is 2.10 bits per heavy atom. The minimum atomic E-state index is -0.0848. The summed E-state index contributed by atoms with van der Waals surface area (Å²) in [5, 5.41) is 18.7. The molecular formula is C15H19N3O2. The SMILES string of the molecule is Cc1[nH]ncc1CCCNC(=O)c1ccc(CO)cc1. The standard InChI is InChI=1S/C15H19N3O2/c1-11-14(9-17-18-11)3-2-8-16-15(20)13-6-4-12(10-19)5-7-13/h4-7,9,19H,2-3,8,10H2,1H3,(H,16,20)(H,17,18). The van der Waals surface area contributed by atoms with Gasteiger partial charge in [0.25, 0.3) is 5.91 Å². The van der Waals surface area contributed by atoms with Crippen molar-refractivity contribution in [2.75, 3.05) is 6.54 Å². The highest BCUT2D eigenvalue weighted by molar-refractivity contribution is 5.94. The van der Waals surface area contributed by atoms with Gasteiger partial charge in [-0.15, -0.1) is 0 Å². The number of H-pyrrole nitrogens is 1. The van der Waals surface area contributed by atoms with E-state index in [1.54, 1.807) is 24.3 Å². The molecule has 0 spiro atoms. The van der Waals surface area contributed by atoms with E-state index in [4.69, 9.17) is 5.11 Å². The van der Waals surface area contributed by atoms with Gasteiger partial charge in [0, 0.05) is 17.8 Å². The number of amides is 1. The number of nitrogens with one attached hydrogen (secondary N) is 2. The average molecular weight is 273 g/mol. The van der Waals surface area contributed by atoms with Crippen molar-refractivity contribution >= 4 is 5.91 Å². The van der Waals surface area contributed by atoms with Gasteiger partial charge in [0.2, 0.25) is 0 Å². The predicted molar refractivity (Wildman–Crippen MR) is 76.3 cm³/mol. The molecule has 0 bridgehead atoms. The van der Waals surface area contributed by atoms with E-state index in [0.717, 1.165) is 24.1 Å². The van der Waals surface area contributed by atoms with Crippen molar-refractivity contribution in [1.29, 1.82) is 0 Å². The summed E-state index contributed by atoms with van der Waals surface area (Å²) in [5.74, 6) is -0.0848. The number of aryl methyl sites for hydroxylation is 2. The van der Waals surface area contributed by atoms with Crippen LogP contribution in [-0.2, 0) is 13.0 Å². The number of aromatic nitrogens is 2. The molecule has 2 aromatic rings. The molecule has 0 saturated carbocycles. The molecule has 1 aromatic carbocycles. The normalized spacial score (nSPS) is 10.5. The Kier molecular flexibility index (Phi) is 4.90. The molecule has 1 aromatic heterocycles. The minimum absolute atomic E-state index is 0.00799. The molecule has 0 aliphatic carbocycles. The van der Waals surface area contributed by atoms with Crippen LogP contribution in [0.3, 0.4) is 0 Å². The maximum absolute atomic E-state index is 11.9. The topological polar surface area (TPSA) is 78.0 Å². The highest BCUT2D eigenvalue weighted by Gasteiger charge is 2.05. The van der Waals surface area contributed by atoms with Crippen LogP contribution in [0.2, 0.25) is 0 Å². The summed E-state index contributed by atoms with van der Waals surface area (Å²) in [6.07, 6.45) is 3.59. The number of rotatable bonds is 6. The van der Waals surface area contributed by atoms with Crippen LogP contribution in [0.5, 0.6) is 0 Å². The summed E-state index contributed by atoms with van der Waals surface area (Å²) >= 11 is 0. The summed E-state index contributed by atoms with van der Waals surface area (Å²) in [6.45, 7) is 2.61. The number of aromatic amines is 1. The zero-order valence-electron chi connectivity index (χ0n) is 11.5. The predicted octanol–water partition coefficient (Wildman–Crippen LogP) is 1.57. The second-order valence-corrected chi connectivity index (χ2v) is 4.73. The van der Waals surface area contributed by atoms with Crippen LogP contribution in [0.15, 0.2) is 30.5 Å². The minimum Gasteiger partial charge on any atom is -0.392 e. The van der Waals surface area contributed by atoms with E-state index in [9.17, 15) is 4.79 Å². The molecule has 1 amide bonds. The number of benzene rings is 1. The molecule has 0 radical (unpaired) electrons. The molecule has 0 aliphatic heterocycles. The third kappa shape index (κ3) is 3.68. The van der Waals surface area contributed by atoms with Crippen molar-refractivity contribution in [3.05, 3.63) is 52.8 Å². The zero-order valence-corrected chi connectivity index (χ0v) is 11.5. The maximum atomic E-state index is 11.9. The number of nitrogens with zero attached hydrogens (tertiary/aromatic N) is 1. The van der Waals surface area contributed by atoms with Crippen LogP contribution in [0.4, 0.5) is 0 Å². The zero-order chi connectivity index (χ0) is 14.4. The fourth-order valence-corrected chi connectivity index (χ4v) is 1.97. The summed E-state index contributed by atoms with van der Waals surface area (Å²) in [4.78, 5) is 11.9. The monoisotopic (exact) mass is 273 g/mol. The van der Waals surface area contributed by atoms with Crippen LogP contribution in [0.1, 0.15) is 33.6 Å². The van der Waals surface area contributed by atoms with Crippen molar-refractivity contribution in [3.63, 3.8) is 0 Å². The largest absolute Gasteiger partial charge is 0.392 e. The van der Waals surface area contributed by atoms with Gasteiger partial charge in [-0.2, -0.15) is 5.10 Å². The molecule has 0 aliphatic rings. The lowest BCUT2D eigenvalue weighted by atomic mass is 10.1. The number of aliphatic hydroxyl groups is 1. The van der Waals surface area contributed by atoms with E-state index in [-0.39, 0.29) is 12.5 Å². The summed E-state index contributed by atoms with van der Waals surface area (Å²) in [5.41, 5.74) is 3.68. The lowest BCUT2D eigenvalue weighted by molar-refractivity contribution is 0.0953. The fourth-order valence-electron chi connectivity index (χ4n) is 1.97. The lowest BCUT2D eigenvalue weighted by Crippen LogP contribution is -2.24. The molecule has 106 valence electrons. The first-order valence-corrected chi connectivity index (χ1v) is 6.67. The number of carbonyl (C=O) groups excluding carboxylic acids is 1. The molecule has 1 heterocycles. The first-order valence-electron chi connectivity index (χ1n) is 6.67. The summed E-state index contributed by atoms with van der Waals surface area (Å²) in [6, 6.07) is 6.95. The van der Waals surface area contributed by atoms with E-state index >= 15 is 0 Å². The molecule has 5 heteroatoms. The third-order valence-electron chi connectivity index (χ3n) is 3.24. The Labute approximate surface area is 118 Å². The second kappa shape index (κ2) is 6.86. The highest BCUT2D eigenvalue weighted by Crippen LogP contribution is 2.06. The van der Waals surface area contributed by atoms with Crippen molar-refractivity contribution in [3.8, 4) is 0 Å². The van der Waals surface area contributed by atoms with Crippen LogP contribution in [0.25, 0.3) is 0 Å². The van der Waals surface area contributed by atoms with Gasteiger partial charge >= 0.3 is 0 Å². The van der Waals surface area contributed by atoms with E-state index < -0.39 is 0 Å². The lowest BCUT2D eigenvalue weighted by Gasteiger charge is -2.05. The molecule has 0 unspecified atom stereocenters. The van der Waals surface area contributed by atoms with Gasteiger partial charge in [-0.3, -0.25) is 9.89 Å². The molecule has 2 rings (SSSR count). The molecule has 0 fully saturated rings. The van der Waals surface area contributed by atoms with Crippen molar-refractivity contribution in [2.24, 2.45) is 0 Å². The van der Waals surface area contributed by atoms with Crippen LogP contribution in [0, 0.1) is 6.92 Å². The van der Waals surface area contributed by atoms with Crippen LogP contribution < -0.4 is 5.32 Å². The van der Waals surface area contributed by atoms with Gasteiger partial charge in [-0.25, -0.2) is 0 Å². The Balaban J connectivity index is 1.76. The average Bonchev–Trinajstić information content (AvgIpc) is 2.89. The molecule has 5 nitrogen and oxygen atoms in total. The Morgan fingerprint density at radius 1 is 1.35 bits per heavy atom. The van der Waals surface area contributed by atoms with Gasteiger partial charge in [0.1, 0.15) is 0 Å². The second-order valence-electron chi connectivity index (χ2n) is 4.73. The number of aliphatic hydroxyl groups excluding tert-OH is 1. The smallest absolute Gasteiger partial charge is 0.251 e. The van der Waals surface area contributed by atoms with Gasteiger partial charge in [0.15, 0.2) is 0 Å². The Bertz CT molecular complexity index is 561. The Hall–Kier alpha value is -2.14. The van der Waals surface area contributed by atoms with Crippen LogP contribution >= 0.6 is 0 Å². The number of hydrogen-bond acceptors (Lipinski definition) is 3. The van der Waals surface area contributed by atoms with E-state index in [2.05, 4.69) is 15.5 Å². The summed E-state index contributed by atoms with van der Waals surface area (Å²) in [7, 11) is 0. The Morgan fingerprint density at radius 3 is 2.70 bits per heavy atom. The quantitative estimate of drug-likeness (QED) is 0.699. The molecule has 0 saturated heterocycles. The molecular weight excluding hydrogens is 254 g/mol. The summed E-state index contributed by atoms with van der Waals surface area (Å²) < 4.78 is 0. The van der Waals surface area contributed by atoms with Crippen molar-refractivity contribution < 1.29 is 9.90 Å². The fraction of sp³-hybridized carbons (Fsp3) is 0.333. The maximum Gasteiger partial charge on any atom is 0.251 e. The van der Waals surface area contributed by atoms with Crippen molar-refractivity contribution in [1.82, 2.24) is 15.5 Å². The van der Waals surface area contributed by atoms with Crippen molar-refractivity contribution in [2.45, 2.75) is 26.4 Å². The molecule has 3 N–H and O–H groups in total. The third-order valence-corrected chi connectivity index (χ3v) is 3.24. The number of carbonyl (C=O) groups is 1. The van der Waals surface area contributed by atoms with Gasteiger partial charge in [-0.1, -0.05) is 12.1 Å². The van der Waals surface area contributed by atoms with E-state index in [0.29, 0.717) is 12.1 Å². The molecule has 20 heavy (non-hydrogen) atoms. The number of hydrogen-bond donors (Lipinski definition) is 3. The molecule has 0 atom stereocenters. The van der Waals surface area contributed by atoms with Gasteiger partial charge in [-0.05, 0) is 43.0 Å². The first-order chi connectivity index (χ1) is 9.70.